The van der Waals surface area contributed by atoms with Crippen molar-refractivity contribution in [2.75, 3.05) is 13.1 Å². The van der Waals surface area contributed by atoms with Gasteiger partial charge in [-0.2, -0.15) is 0 Å². The number of hydrogen-bond donors (Lipinski definition) is 1. The van der Waals surface area contributed by atoms with Gasteiger partial charge in [0.15, 0.2) is 0 Å². The van der Waals surface area contributed by atoms with Gasteiger partial charge in [-0.15, -0.1) is 0 Å². The lowest BCUT2D eigenvalue weighted by Crippen LogP contribution is -2.23. The molecule has 1 aromatic carbocycles. The Bertz CT molecular complexity index is 667. The first-order chi connectivity index (χ1) is 10.7. The number of carboxylic acids is 1. The van der Waals surface area contributed by atoms with Gasteiger partial charge in [0.25, 0.3) is 0 Å². The smallest absolute Gasteiger partial charge is 0.335 e. The van der Waals surface area contributed by atoms with Crippen LogP contribution in [0.3, 0.4) is 0 Å². The van der Waals surface area contributed by atoms with Crippen LogP contribution in [-0.2, 0) is 13.1 Å². The van der Waals surface area contributed by atoms with Gasteiger partial charge in [0.05, 0.1) is 5.56 Å². The highest BCUT2D eigenvalue weighted by Gasteiger charge is 2.15. The molecule has 1 saturated heterocycles. The number of aromatic nitrogens is 1. The molecule has 0 saturated carbocycles. The number of carbonyl (C=O) groups is 1. The maximum Gasteiger partial charge on any atom is 0.335 e. The van der Waals surface area contributed by atoms with Crippen LogP contribution in [0.15, 0.2) is 24.4 Å². The highest BCUT2D eigenvalue weighted by Crippen LogP contribution is 2.25. The number of rotatable bonds is 4. The van der Waals surface area contributed by atoms with E-state index in [2.05, 4.69) is 22.6 Å². The number of aryl methyl sites for hydroxylation is 1. The fourth-order valence-corrected chi connectivity index (χ4v) is 3.43. The first-order valence-corrected chi connectivity index (χ1v) is 8.26. The molecule has 0 atom stereocenters. The van der Waals surface area contributed by atoms with E-state index in [-0.39, 0.29) is 0 Å². The van der Waals surface area contributed by atoms with Crippen molar-refractivity contribution in [2.45, 2.75) is 45.7 Å². The molecule has 0 amide bonds. The molecule has 1 aromatic heterocycles. The highest BCUT2D eigenvalue weighted by molar-refractivity contribution is 5.95. The van der Waals surface area contributed by atoms with E-state index in [0.29, 0.717) is 5.56 Å². The summed E-state index contributed by atoms with van der Waals surface area (Å²) in [6, 6.07) is 5.47. The van der Waals surface area contributed by atoms with Crippen LogP contribution in [0.4, 0.5) is 0 Å². The van der Waals surface area contributed by atoms with Gasteiger partial charge >= 0.3 is 5.97 Å². The highest BCUT2D eigenvalue weighted by atomic mass is 16.4. The predicted molar refractivity (Wildman–Crippen MR) is 88.3 cm³/mol. The molecule has 0 bridgehead atoms. The summed E-state index contributed by atoms with van der Waals surface area (Å²) in [6.07, 6.45) is 7.40. The van der Waals surface area contributed by atoms with Crippen molar-refractivity contribution < 1.29 is 9.90 Å². The lowest BCUT2D eigenvalue weighted by molar-refractivity contribution is 0.0697. The summed E-state index contributed by atoms with van der Waals surface area (Å²) in [5.74, 6) is -0.855. The molecule has 0 spiro atoms. The molecule has 22 heavy (non-hydrogen) atoms. The molecular formula is C18H24N2O2. The lowest BCUT2D eigenvalue weighted by Gasteiger charge is -2.19. The predicted octanol–water partition coefficient (Wildman–Crippen LogP) is 3.74. The van der Waals surface area contributed by atoms with Crippen LogP contribution >= 0.6 is 0 Å². The second-order valence-corrected chi connectivity index (χ2v) is 6.17. The van der Waals surface area contributed by atoms with Crippen molar-refractivity contribution in [3.63, 3.8) is 0 Å². The Morgan fingerprint density at radius 1 is 1.18 bits per heavy atom. The summed E-state index contributed by atoms with van der Waals surface area (Å²) < 4.78 is 2.22. The Balaban J connectivity index is 1.96. The molecule has 1 aliphatic heterocycles. The Kier molecular flexibility index (Phi) is 4.48. The summed E-state index contributed by atoms with van der Waals surface area (Å²) in [5, 5.41) is 10.3. The third-order valence-corrected chi connectivity index (χ3v) is 4.64. The van der Waals surface area contributed by atoms with Gasteiger partial charge in [0.2, 0.25) is 0 Å². The SMILES string of the molecule is CCn1cc(CN2CCCCCC2)c2cc(C(=O)O)ccc21. The number of hydrogen-bond acceptors (Lipinski definition) is 2. The van der Waals surface area contributed by atoms with Crippen LogP contribution in [0.25, 0.3) is 10.9 Å². The maximum atomic E-state index is 11.3. The molecule has 0 unspecified atom stereocenters. The van der Waals surface area contributed by atoms with Gasteiger partial charge in [0.1, 0.15) is 0 Å². The van der Waals surface area contributed by atoms with E-state index >= 15 is 0 Å². The van der Waals surface area contributed by atoms with Crippen LogP contribution in [-0.4, -0.2) is 33.6 Å². The van der Waals surface area contributed by atoms with Crippen molar-refractivity contribution in [1.82, 2.24) is 9.47 Å². The number of carboxylic acid groups (broad SMARTS) is 1. The molecule has 1 fully saturated rings. The van der Waals surface area contributed by atoms with Gasteiger partial charge in [-0.3, -0.25) is 4.90 Å². The van der Waals surface area contributed by atoms with Crippen LogP contribution in [0.2, 0.25) is 0 Å². The molecule has 0 radical (unpaired) electrons. The van der Waals surface area contributed by atoms with Gasteiger partial charge in [-0.05, 0) is 56.6 Å². The zero-order valence-corrected chi connectivity index (χ0v) is 13.2. The Hall–Kier alpha value is -1.81. The average molecular weight is 300 g/mol. The summed E-state index contributed by atoms with van der Waals surface area (Å²) in [5.41, 5.74) is 2.76. The molecule has 4 nitrogen and oxygen atoms in total. The summed E-state index contributed by atoms with van der Waals surface area (Å²) in [7, 11) is 0. The van der Waals surface area contributed by atoms with Gasteiger partial charge < -0.3 is 9.67 Å². The average Bonchev–Trinajstić information content (AvgIpc) is 2.69. The van der Waals surface area contributed by atoms with Crippen molar-refractivity contribution >= 4 is 16.9 Å². The summed E-state index contributed by atoms with van der Waals surface area (Å²) in [4.78, 5) is 13.8. The van der Waals surface area contributed by atoms with E-state index in [1.165, 1.54) is 31.2 Å². The normalized spacial score (nSPS) is 16.8. The number of aromatic carboxylic acids is 1. The molecule has 4 heteroatoms. The lowest BCUT2D eigenvalue weighted by atomic mass is 10.1. The quantitative estimate of drug-likeness (QED) is 0.935. The first kappa shape index (κ1) is 15.1. The van der Waals surface area contributed by atoms with E-state index in [1.54, 1.807) is 6.07 Å². The molecule has 1 aliphatic rings. The fourth-order valence-electron chi connectivity index (χ4n) is 3.43. The second kappa shape index (κ2) is 6.53. The van der Waals surface area contributed by atoms with Gasteiger partial charge in [0, 0.05) is 30.2 Å². The van der Waals surface area contributed by atoms with Gasteiger partial charge in [-0.25, -0.2) is 4.79 Å². The number of nitrogens with zero attached hydrogens (tertiary/aromatic N) is 2. The molecule has 118 valence electrons. The van der Waals surface area contributed by atoms with Crippen molar-refractivity contribution in [2.24, 2.45) is 0 Å². The zero-order valence-electron chi connectivity index (χ0n) is 13.2. The van der Waals surface area contributed by atoms with E-state index < -0.39 is 5.97 Å². The fraction of sp³-hybridized carbons (Fsp3) is 0.500. The Labute approximate surface area is 131 Å². The number of benzene rings is 1. The van der Waals surface area contributed by atoms with Crippen LogP contribution in [0.5, 0.6) is 0 Å². The topological polar surface area (TPSA) is 45.5 Å². The standard InChI is InChI=1S/C18H24N2O2/c1-2-20-13-15(12-19-9-5-3-4-6-10-19)16-11-14(18(21)22)7-8-17(16)20/h7-8,11,13H,2-6,9-10,12H2,1H3,(H,21,22). The van der Waals surface area contributed by atoms with E-state index in [0.717, 1.165) is 37.1 Å². The monoisotopic (exact) mass is 300 g/mol. The molecular weight excluding hydrogens is 276 g/mol. The van der Waals surface area contributed by atoms with E-state index in [9.17, 15) is 9.90 Å². The molecule has 3 rings (SSSR count). The number of fused-ring (bicyclic) bond motifs is 1. The minimum Gasteiger partial charge on any atom is -0.478 e. The van der Waals surface area contributed by atoms with E-state index in [4.69, 9.17) is 0 Å². The second-order valence-electron chi connectivity index (χ2n) is 6.17. The minimum absolute atomic E-state index is 0.374. The first-order valence-electron chi connectivity index (χ1n) is 8.26. The van der Waals surface area contributed by atoms with E-state index in [1.807, 2.05) is 12.1 Å². The summed E-state index contributed by atoms with van der Waals surface area (Å²) in [6.45, 7) is 6.25. The van der Waals surface area contributed by atoms with Crippen molar-refractivity contribution in [3.05, 3.63) is 35.5 Å². The van der Waals surface area contributed by atoms with Crippen LogP contribution < -0.4 is 0 Å². The Morgan fingerprint density at radius 2 is 1.91 bits per heavy atom. The van der Waals surface area contributed by atoms with Gasteiger partial charge in [-0.1, -0.05) is 12.8 Å². The largest absolute Gasteiger partial charge is 0.478 e. The third-order valence-electron chi connectivity index (χ3n) is 4.64. The molecule has 2 heterocycles. The minimum atomic E-state index is -0.855. The van der Waals surface area contributed by atoms with Crippen LogP contribution in [0, 0.1) is 0 Å². The number of likely N-dealkylation sites (tertiary alicyclic amines) is 1. The third kappa shape index (κ3) is 3.02. The summed E-state index contributed by atoms with van der Waals surface area (Å²) >= 11 is 0. The van der Waals surface area contributed by atoms with Crippen LogP contribution in [0.1, 0.15) is 48.5 Å². The molecule has 1 N–H and O–H groups in total. The molecule has 0 aliphatic carbocycles. The maximum absolute atomic E-state index is 11.3. The zero-order chi connectivity index (χ0) is 15.5. The van der Waals surface area contributed by atoms with Crippen molar-refractivity contribution in [1.29, 1.82) is 0 Å². The van der Waals surface area contributed by atoms with Crippen molar-refractivity contribution in [3.8, 4) is 0 Å². The Morgan fingerprint density at radius 3 is 2.55 bits per heavy atom. The molecule has 2 aromatic rings.